The third-order valence-electron chi connectivity index (χ3n) is 3.59. The normalized spacial score (nSPS) is 16.3. The fourth-order valence-electron chi connectivity index (χ4n) is 2.43. The SMILES string of the molecule is CSc1nn(CN2CCN(c3ccccc3)CC2)c(=S)s1. The van der Waals surface area contributed by atoms with Crippen molar-refractivity contribution in [1.82, 2.24) is 14.7 Å². The van der Waals surface area contributed by atoms with E-state index in [1.165, 1.54) is 5.69 Å². The first-order valence-electron chi connectivity index (χ1n) is 6.90. The van der Waals surface area contributed by atoms with Crippen LogP contribution >= 0.6 is 35.3 Å². The highest BCUT2D eigenvalue weighted by atomic mass is 32.2. The molecular weight excluding hydrogens is 320 g/mol. The van der Waals surface area contributed by atoms with Crippen LogP contribution in [0.3, 0.4) is 0 Å². The Morgan fingerprint density at radius 2 is 1.90 bits per heavy atom. The van der Waals surface area contributed by atoms with Crippen LogP contribution in [0.1, 0.15) is 0 Å². The van der Waals surface area contributed by atoms with Gasteiger partial charge in [-0.2, -0.15) is 5.10 Å². The number of hydrogen-bond acceptors (Lipinski definition) is 6. The fourth-order valence-corrected chi connectivity index (χ4v) is 4.17. The van der Waals surface area contributed by atoms with Crippen LogP contribution in [0.5, 0.6) is 0 Å². The Labute approximate surface area is 138 Å². The van der Waals surface area contributed by atoms with Gasteiger partial charge in [0.05, 0.1) is 6.67 Å². The number of thioether (sulfide) groups is 1. The lowest BCUT2D eigenvalue weighted by Gasteiger charge is -2.35. The van der Waals surface area contributed by atoms with Gasteiger partial charge in [0.1, 0.15) is 0 Å². The van der Waals surface area contributed by atoms with Crippen molar-refractivity contribution in [2.45, 2.75) is 11.0 Å². The van der Waals surface area contributed by atoms with Crippen molar-refractivity contribution in [2.24, 2.45) is 0 Å². The van der Waals surface area contributed by atoms with Gasteiger partial charge >= 0.3 is 0 Å². The number of aromatic nitrogens is 2. The number of nitrogens with zero attached hydrogens (tertiary/aromatic N) is 4. The highest BCUT2D eigenvalue weighted by Gasteiger charge is 2.18. The number of rotatable bonds is 4. The van der Waals surface area contributed by atoms with Crippen LogP contribution in [0.15, 0.2) is 34.7 Å². The summed E-state index contributed by atoms with van der Waals surface area (Å²) < 4.78 is 3.86. The minimum Gasteiger partial charge on any atom is -0.369 e. The minimum absolute atomic E-state index is 0.804. The van der Waals surface area contributed by atoms with Gasteiger partial charge in [0.2, 0.25) is 0 Å². The van der Waals surface area contributed by atoms with Crippen LogP contribution in [0.4, 0.5) is 5.69 Å². The predicted molar refractivity (Wildman–Crippen MR) is 92.9 cm³/mol. The van der Waals surface area contributed by atoms with Crippen molar-refractivity contribution in [1.29, 1.82) is 0 Å². The largest absolute Gasteiger partial charge is 0.369 e. The fraction of sp³-hybridized carbons (Fsp3) is 0.429. The smallest absolute Gasteiger partial charge is 0.181 e. The van der Waals surface area contributed by atoms with Crippen LogP contribution in [0.25, 0.3) is 0 Å². The maximum atomic E-state index is 5.38. The van der Waals surface area contributed by atoms with Gasteiger partial charge in [-0.3, -0.25) is 4.90 Å². The third kappa shape index (κ3) is 3.66. The summed E-state index contributed by atoms with van der Waals surface area (Å²) in [5, 5.41) is 4.54. The van der Waals surface area contributed by atoms with E-state index in [1.807, 2.05) is 10.9 Å². The quantitative estimate of drug-likeness (QED) is 0.630. The second-order valence-electron chi connectivity index (χ2n) is 4.92. The van der Waals surface area contributed by atoms with Gasteiger partial charge in [-0.05, 0) is 30.6 Å². The summed E-state index contributed by atoms with van der Waals surface area (Å²) in [5.41, 5.74) is 1.31. The maximum absolute atomic E-state index is 5.38. The standard InChI is InChI=1S/C14H18N4S3/c1-20-13-15-18(14(19)21-13)11-16-7-9-17(10-8-16)12-5-3-2-4-6-12/h2-6H,7-11H2,1H3. The van der Waals surface area contributed by atoms with Gasteiger partial charge in [-0.25, -0.2) is 4.68 Å². The van der Waals surface area contributed by atoms with E-state index in [2.05, 4.69) is 45.2 Å². The lowest BCUT2D eigenvalue weighted by Crippen LogP contribution is -2.46. The van der Waals surface area contributed by atoms with Crippen molar-refractivity contribution in [3.8, 4) is 0 Å². The zero-order chi connectivity index (χ0) is 14.7. The average molecular weight is 339 g/mol. The van der Waals surface area contributed by atoms with Crippen molar-refractivity contribution in [3.05, 3.63) is 34.3 Å². The number of benzene rings is 1. The molecule has 0 aliphatic carbocycles. The van der Waals surface area contributed by atoms with Gasteiger partial charge < -0.3 is 4.90 Å². The van der Waals surface area contributed by atoms with E-state index in [0.29, 0.717) is 0 Å². The minimum atomic E-state index is 0.804. The summed E-state index contributed by atoms with van der Waals surface area (Å²) in [6.07, 6.45) is 2.04. The predicted octanol–water partition coefficient (Wildman–Crippen LogP) is 3.18. The van der Waals surface area contributed by atoms with Crippen LogP contribution in [0, 0.1) is 3.95 Å². The van der Waals surface area contributed by atoms with E-state index >= 15 is 0 Å². The summed E-state index contributed by atoms with van der Waals surface area (Å²) in [6.45, 7) is 5.00. The first-order chi connectivity index (χ1) is 10.3. The van der Waals surface area contributed by atoms with E-state index < -0.39 is 0 Å². The molecule has 2 aromatic rings. The molecule has 4 nitrogen and oxygen atoms in total. The Morgan fingerprint density at radius 1 is 1.19 bits per heavy atom. The second-order valence-corrected chi connectivity index (χ2v) is 7.60. The zero-order valence-corrected chi connectivity index (χ0v) is 14.4. The van der Waals surface area contributed by atoms with Gasteiger partial charge in [0.15, 0.2) is 8.29 Å². The van der Waals surface area contributed by atoms with Crippen LogP contribution in [0.2, 0.25) is 0 Å². The molecular formula is C14H18N4S3. The molecule has 1 aromatic heterocycles. The number of piperazine rings is 1. The highest BCUT2D eigenvalue weighted by Crippen LogP contribution is 2.20. The van der Waals surface area contributed by atoms with Gasteiger partial charge in [-0.1, -0.05) is 41.3 Å². The molecule has 1 aromatic carbocycles. The van der Waals surface area contributed by atoms with Crippen molar-refractivity contribution in [2.75, 3.05) is 37.3 Å². The number of anilines is 1. The van der Waals surface area contributed by atoms with Gasteiger partial charge in [-0.15, -0.1) is 0 Å². The lowest BCUT2D eigenvalue weighted by atomic mass is 10.2. The summed E-state index contributed by atoms with van der Waals surface area (Å²) in [7, 11) is 0. The number of para-hydroxylation sites is 1. The zero-order valence-electron chi connectivity index (χ0n) is 11.9. The van der Waals surface area contributed by atoms with E-state index in [1.54, 1.807) is 23.1 Å². The van der Waals surface area contributed by atoms with Gasteiger partial charge in [0, 0.05) is 31.9 Å². The molecule has 2 heterocycles. The van der Waals surface area contributed by atoms with E-state index in [4.69, 9.17) is 12.2 Å². The maximum Gasteiger partial charge on any atom is 0.181 e. The molecule has 1 saturated heterocycles. The molecule has 21 heavy (non-hydrogen) atoms. The first-order valence-corrected chi connectivity index (χ1v) is 9.35. The van der Waals surface area contributed by atoms with Crippen LogP contribution in [-0.2, 0) is 6.67 Å². The second kappa shape index (κ2) is 6.91. The van der Waals surface area contributed by atoms with Gasteiger partial charge in [0.25, 0.3) is 0 Å². The Morgan fingerprint density at radius 3 is 2.52 bits per heavy atom. The molecule has 0 bridgehead atoms. The third-order valence-corrected chi connectivity index (χ3v) is 5.87. The van der Waals surface area contributed by atoms with E-state index in [-0.39, 0.29) is 0 Å². The molecule has 0 radical (unpaired) electrons. The van der Waals surface area contributed by atoms with Crippen LogP contribution < -0.4 is 4.90 Å². The molecule has 0 unspecified atom stereocenters. The average Bonchev–Trinajstić information content (AvgIpc) is 2.89. The molecule has 1 fully saturated rings. The van der Waals surface area contributed by atoms with Crippen molar-refractivity contribution in [3.63, 3.8) is 0 Å². The molecule has 0 amide bonds. The summed E-state index contributed by atoms with van der Waals surface area (Å²) >= 11 is 8.63. The molecule has 112 valence electrons. The Hall–Kier alpha value is -0.890. The molecule has 7 heteroatoms. The summed E-state index contributed by atoms with van der Waals surface area (Å²) in [6, 6.07) is 10.6. The van der Waals surface area contributed by atoms with Crippen LogP contribution in [-0.4, -0.2) is 47.1 Å². The lowest BCUT2D eigenvalue weighted by molar-refractivity contribution is 0.194. The Kier molecular flexibility index (Phi) is 4.95. The Balaban J connectivity index is 1.58. The van der Waals surface area contributed by atoms with Crippen molar-refractivity contribution < 1.29 is 0 Å². The molecule has 0 spiro atoms. The summed E-state index contributed by atoms with van der Waals surface area (Å²) in [5.74, 6) is 0. The molecule has 0 atom stereocenters. The molecule has 0 N–H and O–H groups in total. The highest BCUT2D eigenvalue weighted by molar-refractivity contribution is 8.00. The monoisotopic (exact) mass is 338 g/mol. The Bertz CT molecular complexity index is 629. The van der Waals surface area contributed by atoms with E-state index in [0.717, 1.165) is 41.1 Å². The number of hydrogen-bond donors (Lipinski definition) is 0. The molecule has 0 saturated carbocycles. The molecule has 3 rings (SSSR count). The topological polar surface area (TPSA) is 24.3 Å². The first kappa shape index (κ1) is 15.0. The molecule has 1 aliphatic heterocycles. The summed E-state index contributed by atoms with van der Waals surface area (Å²) in [4.78, 5) is 4.85. The van der Waals surface area contributed by atoms with Crippen molar-refractivity contribution >= 4 is 41.0 Å². The van der Waals surface area contributed by atoms with E-state index in [9.17, 15) is 0 Å². The molecule has 1 aliphatic rings.